The highest BCUT2D eigenvalue weighted by molar-refractivity contribution is 7.90. The lowest BCUT2D eigenvalue weighted by atomic mass is 9.72. The minimum absolute atomic E-state index is 0.0165. The third-order valence-electron chi connectivity index (χ3n) is 13.3. The maximum Gasteiger partial charge on any atom is 0.297 e. The van der Waals surface area contributed by atoms with Crippen LogP contribution in [0, 0.1) is 21.4 Å². The molecule has 0 radical (unpaired) electrons. The molecule has 1 saturated carbocycles. The molecule has 3 aromatic heterocycles. The molecular formula is C46H48ClN9O7S. The highest BCUT2D eigenvalue weighted by atomic mass is 35.5. The molecule has 64 heavy (non-hydrogen) atoms. The summed E-state index contributed by atoms with van der Waals surface area (Å²) < 4.78 is 39.0. The van der Waals surface area contributed by atoms with E-state index in [1.165, 1.54) is 27.5 Å². The second-order valence-electron chi connectivity index (χ2n) is 18.2. The fraction of sp³-hybridized carbons (Fsp3) is 0.370. The van der Waals surface area contributed by atoms with Gasteiger partial charge in [-0.3, -0.25) is 24.6 Å². The third-order valence-corrected chi connectivity index (χ3v) is 14.8. The summed E-state index contributed by atoms with van der Waals surface area (Å²) in [6.07, 6.45) is 6.81. The Morgan fingerprint density at radius 1 is 1.05 bits per heavy atom. The minimum atomic E-state index is -4.69. The largest absolute Gasteiger partial charge is 0.489 e. The van der Waals surface area contributed by atoms with Crippen LogP contribution in [0.4, 0.5) is 17.1 Å². The molecule has 1 atom stereocenters. The Morgan fingerprint density at radius 2 is 1.81 bits per heavy atom. The molecule has 0 spiro atoms. The quantitative estimate of drug-likeness (QED) is 0.0927. The van der Waals surface area contributed by atoms with Crippen LogP contribution in [0.2, 0.25) is 5.02 Å². The maximum atomic E-state index is 14.4. The number of piperazine rings is 1. The summed E-state index contributed by atoms with van der Waals surface area (Å²) in [7, 11) is -3.13. The number of anilines is 2. The number of halogens is 1. The molecule has 4 aliphatic rings. The van der Waals surface area contributed by atoms with Crippen LogP contribution in [0.1, 0.15) is 61.9 Å². The molecule has 16 nitrogen and oxygen atoms in total. The number of rotatable bonds is 10. The molecule has 18 heteroatoms. The van der Waals surface area contributed by atoms with Gasteiger partial charge in [-0.15, -0.1) is 0 Å². The molecule has 2 aliphatic carbocycles. The number of ether oxygens (including phenoxy) is 1. The van der Waals surface area contributed by atoms with Gasteiger partial charge in [-0.1, -0.05) is 43.2 Å². The predicted octanol–water partition coefficient (Wildman–Crippen LogP) is 7.25. The number of allylic oxidation sites excluding steroid dienone is 1. The number of sulfonamides is 1. The molecule has 2 fully saturated rings. The molecule has 6 aromatic rings. The van der Waals surface area contributed by atoms with E-state index in [9.17, 15) is 28.1 Å². The fourth-order valence-corrected chi connectivity index (χ4v) is 10.6. The molecule has 0 unspecified atom stereocenters. The SMILES string of the molecule is Cn1c(=O)c2nc3[nH]ccc3cc2n1-c1cc(N2CCN(CC3=C(c4ccc(Cl)cc4)CC(C)(C)CC3)CC2)ccc1C(=O)NS(=O)(=O)c1cc2c(c([N+](=O)[O-])c1)N[C@@H](C1CC1)CO2. The van der Waals surface area contributed by atoms with Crippen LogP contribution >= 0.6 is 11.6 Å². The summed E-state index contributed by atoms with van der Waals surface area (Å²) in [6, 6.07) is 18.9. The number of carbonyl (C=O) groups is 1. The zero-order chi connectivity index (χ0) is 44.7. The van der Waals surface area contributed by atoms with E-state index < -0.39 is 37.0 Å². The number of pyridine rings is 1. The standard InChI is InChI=1S/C46H48ClN9O7S/c1-46(2)14-12-30(35(24-46)27-6-8-31(47)9-7-27)25-53-16-18-54(19-17-53)32-10-11-34(37(21-32)55-38-20-29-13-15-48-43(29)50-42(38)45(58)52(55)3)44(57)51-64(61,62)33-22-39(56(59)60)41-40(23-33)63-26-36(49-41)28-4-5-28/h6-11,13,15,20-23,28,36,49H,4-5,12,14,16-19,24-26H2,1-3H3,(H,48,50)(H,51,57)/t36-/m1/s1. The van der Waals surface area contributed by atoms with Crippen molar-refractivity contribution in [3.63, 3.8) is 0 Å². The van der Waals surface area contributed by atoms with Crippen LogP contribution in [0.5, 0.6) is 5.75 Å². The summed E-state index contributed by atoms with van der Waals surface area (Å²) >= 11 is 6.26. The number of nitro benzene ring substituents is 1. The van der Waals surface area contributed by atoms with Gasteiger partial charge < -0.3 is 19.9 Å². The topological polar surface area (TPSA) is 190 Å². The molecule has 0 bridgehead atoms. The van der Waals surface area contributed by atoms with Crippen molar-refractivity contribution in [1.29, 1.82) is 0 Å². The first kappa shape index (κ1) is 41.8. The Labute approximate surface area is 374 Å². The van der Waals surface area contributed by atoms with Gasteiger partial charge in [-0.2, -0.15) is 0 Å². The molecule has 1 amide bonds. The Bertz CT molecular complexity index is 3090. The van der Waals surface area contributed by atoms with E-state index in [2.05, 4.69) is 55.8 Å². The molecule has 3 N–H and O–H groups in total. The summed E-state index contributed by atoms with van der Waals surface area (Å²) in [5.74, 6) is -0.651. The first-order valence-electron chi connectivity index (χ1n) is 21.6. The third kappa shape index (κ3) is 7.79. The van der Waals surface area contributed by atoms with E-state index >= 15 is 0 Å². The van der Waals surface area contributed by atoms with E-state index in [-0.39, 0.29) is 46.3 Å². The van der Waals surface area contributed by atoms with Crippen molar-refractivity contribution in [1.82, 2.24) is 29.0 Å². The lowest BCUT2D eigenvalue weighted by molar-refractivity contribution is -0.384. The minimum Gasteiger partial charge on any atom is -0.489 e. The Kier molecular flexibility index (Phi) is 10.3. The van der Waals surface area contributed by atoms with Crippen LogP contribution < -0.4 is 25.2 Å². The van der Waals surface area contributed by atoms with Gasteiger partial charge in [0.1, 0.15) is 12.3 Å². The number of aromatic nitrogens is 4. The summed E-state index contributed by atoms with van der Waals surface area (Å²) in [4.78, 5) is 51.5. The molecule has 3 aromatic carbocycles. The summed E-state index contributed by atoms with van der Waals surface area (Å²) in [5.41, 5.74) is 5.55. The van der Waals surface area contributed by atoms with Gasteiger partial charge in [0.25, 0.3) is 27.2 Å². The number of aromatic amines is 1. The number of carbonyl (C=O) groups excluding carboxylic acids is 1. The average Bonchev–Trinajstić information content (AvgIpc) is 3.98. The van der Waals surface area contributed by atoms with E-state index in [4.69, 9.17) is 16.3 Å². The highest BCUT2D eigenvalue weighted by Crippen LogP contribution is 2.45. The van der Waals surface area contributed by atoms with Crippen molar-refractivity contribution in [2.45, 2.75) is 56.9 Å². The van der Waals surface area contributed by atoms with Gasteiger partial charge in [0.2, 0.25) is 0 Å². The smallest absolute Gasteiger partial charge is 0.297 e. The number of nitrogens with zero attached hydrogens (tertiary/aromatic N) is 6. The summed E-state index contributed by atoms with van der Waals surface area (Å²) in [5, 5.41) is 16.9. The van der Waals surface area contributed by atoms with Gasteiger partial charge in [0, 0.05) is 74.2 Å². The van der Waals surface area contributed by atoms with Crippen LogP contribution in [-0.2, 0) is 17.1 Å². The van der Waals surface area contributed by atoms with Gasteiger partial charge >= 0.3 is 0 Å². The number of hydrogen-bond donors (Lipinski definition) is 3. The fourth-order valence-electron chi connectivity index (χ4n) is 9.50. The first-order chi connectivity index (χ1) is 30.6. The lowest BCUT2D eigenvalue weighted by Crippen LogP contribution is -2.47. The van der Waals surface area contributed by atoms with E-state index in [1.807, 2.05) is 18.2 Å². The van der Waals surface area contributed by atoms with Gasteiger partial charge in [0.05, 0.1) is 32.6 Å². The second kappa shape index (κ2) is 15.8. The van der Waals surface area contributed by atoms with Crippen LogP contribution in [0.15, 0.2) is 88.2 Å². The molecule has 10 rings (SSSR count). The number of benzene rings is 3. The van der Waals surface area contributed by atoms with E-state index in [0.717, 1.165) is 68.9 Å². The van der Waals surface area contributed by atoms with Crippen molar-refractivity contribution >= 4 is 72.2 Å². The Morgan fingerprint density at radius 3 is 2.55 bits per heavy atom. The first-order valence-corrected chi connectivity index (χ1v) is 23.4. The van der Waals surface area contributed by atoms with E-state index in [1.54, 1.807) is 42.2 Å². The average molecular weight is 906 g/mol. The number of nitro groups is 1. The monoisotopic (exact) mass is 905 g/mol. The van der Waals surface area contributed by atoms with Crippen molar-refractivity contribution in [3.8, 4) is 11.4 Å². The second-order valence-corrected chi connectivity index (χ2v) is 20.3. The zero-order valence-corrected chi connectivity index (χ0v) is 37.3. The molecular weight excluding hydrogens is 858 g/mol. The molecule has 5 heterocycles. The van der Waals surface area contributed by atoms with Gasteiger partial charge in [-0.25, -0.2) is 27.5 Å². The summed E-state index contributed by atoms with van der Waals surface area (Å²) in [6.45, 7) is 8.66. The van der Waals surface area contributed by atoms with Crippen LogP contribution in [0.3, 0.4) is 0 Å². The molecule has 1 saturated heterocycles. The molecule has 332 valence electrons. The normalized spacial score (nSPS) is 19.1. The number of fused-ring (bicyclic) bond motifs is 3. The van der Waals surface area contributed by atoms with Crippen molar-refractivity contribution in [2.24, 2.45) is 18.4 Å². The Balaban J connectivity index is 0.967. The molecule has 2 aliphatic heterocycles. The van der Waals surface area contributed by atoms with Crippen molar-refractivity contribution in [3.05, 3.63) is 115 Å². The van der Waals surface area contributed by atoms with Crippen molar-refractivity contribution < 1.29 is 22.9 Å². The number of hydrogen-bond acceptors (Lipinski definition) is 11. The highest BCUT2D eigenvalue weighted by Gasteiger charge is 2.38. The zero-order valence-electron chi connectivity index (χ0n) is 35.7. The van der Waals surface area contributed by atoms with Crippen LogP contribution in [-0.4, -0.2) is 88.9 Å². The lowest BCUT2D eigenvalue weighted by Gasteiger charge is -2.39. The number of nitrogens with one attached hydrogen (secondary N) is 3. The number of amides is 1. The van der Waals surface area contributed by atoms with Crippen molar-refractivity contribution in [2.75, 3.05) is 49.5 Å². The maximum absolute atomic E-state index is 14.4. The van der Waals surface area contributed by atoms with Crippen LogP contribution in [0.25, 0.3) is 33.3 Å². The van der Waals surface area contributed by atoms with E-state index in [0.29, 0.717) is 35.2 Å². The van der Waals surface area contributed by atoms with Gasteiger partial charge in [-0.05, 0) is 97.0 Å². The predicted molar refractivity (Wildman–Crippen MR) is 246 cm³/mol. The number of H-pyrrole nitrogens is 1. The van der Waals surface area contributed by atoms with Gasteiger partial charge in [0.15, 0.2) is 17.0 Å². The Hall–Kier alpha value is -6.17.